The number of hydrogen-bond acceptors (Lipinski definition) is 6. The van der Waals surface area contributed by atoms with Crippen molar-refractivity contribution < 1.29 is 4.79 Å². The molecule has 0 atom stereocenters. The third kappa shape index (κ3) is 5.12. The van der Waals surface area contributed by atoms with Crippen molar-refractivity contribution in [1.82, 2.24) is 0 Å². The molecule has 0 unspecified atom stereocenters. The first kappa shape index (κ1) is 20.8. The Morgan fingerprint density at radius 2 is 1.55 bits per heavy atom. The number of benzene rings is 2. The maximum absolute atomic E-state index is 11.1. The molecule has 2 saturated heterocycles. The summed E-state index contributed by atoms with van der Waals surface area (Å²) in [6, 6.07) is 16.4. The van der Waals surface area contributed by atoms with E-state index in [-0.39, 0.29) is 11.8 Å². The van der Waals surface area contributed by atoms with Gasteiger partial charge in [0, 0.05) is 45.2 Å². The van der Waals surface area contributed by atoms with Crippen LogP contribution in [0.2, 0.25) is 0 Å². The number of hydrogen-bond donors (Lipinski definition) is 4. The van der Waals surface area contributed by atoms with Crippen molar-refractivity contribution in [2.24, 2.45) is 17.4 Å². The van der Waals surface area contributed by atoms with Crippen molar-refractivity contribution in [3.05, 3.63) is 48.5 Å². The molecule has 2 heterocycles. The third-order valence-electron chi connectivity index (χ3n) is 5.60. The fraction of sp³-hybridized carbons (Fsp3) is 0.409. The molecule has 7 N–H and O–H groups in total. The number of rotatable bonds is 4. The highest BCUT2D eigenvalue weighted by atomic mass is 16.1. The molecule has 156 valence electrons. The Labute approximate surface area is 172 Å². The van der Waals surface area contributed by atoms with E-state index < -0.39 is 0 Å². The van der Waals surface area contributed by atoms with Crippen molar-refractivity contribution >= 4 is 28.7 Å². The highest BCUT2D eigenvalue weighted by Crippen LogP contribution is 2.29. The van der Waals surface area contributed by atoms with Crippen molar-refractivity contribution in [3.8, 4) is 0 Å². The molecule has 0 aromatic heterocycles. The molecular formula is C22H32N6O. The van der Waals surface area contributed by atoms with Crippen molar-refractivity contribution in [1.29, 1.82) is 0 Å². The lowest BCUT2D eigenvalue weighted by atomic mass is 9.96. The number of nitrogens with one attached hydrogen (secondary N) is 1. The molecule has 2 fully saturated rings. The second kappa shape index (κ2) is 9.52. The predicted octanol–water partition coefficient (Wildman–Crippen LogP) is 1.85. The molecule has 2 aromatic carbocycles. The first-order chi connectivity index (χ1) is 14.0. The highest BCUT2D eigenvalue weighted by Gasteiger charge is 2.24. The van der Waals surface area contributed by atoms with Gasteiger partial charge in [-0.15, -0.1) is 0 Å². The Morgan fingerprint density at radius 1 is 0.966 bits per heavy atom. The molecule has 29 heavy (non-hydrogen) atoms. The Morgan fingerprint density at radius 3 is 2.10 bits per heavy atom. The van der Waals surface area contributed by atoms with Crippen LogP contribution in [-0.4, -0.2) is 45.2 Å². The molecular weight excluding hydrogens is 364 g/mol. The minimum absolute atomic E-state index is 0.0491. The number of amides is 1. The van der Waals surface area contributed by atoms with Crippen LogP contribution < -0.4 is 32.3 Å². The molecule has 0 aliphatic carbocycles. The number of nitrogen functional groups attached to an aromatic ring is 1. The fourth-order valence-electron chi connectivity index (χ4n) is 3.85. The van der Waals surface area contributed by atoms with Gasteiger partial charge in [-0.05, 0) is 37.1 Å². The standard InChI is InChI=1S/C13H19N3O.C9H13N3/c1-15-11-4-2-3-5-12(11)16-8-6-10(7-9-16)13(14)17;10-7-5-12(6-7)9-4-2-1-3-8(9)11/h2-5,10,15H,6-9H2,1H3,(H2,14,17);1-4,7H,5-6,10-11H2. The number of para-hydroxylation sites is 4. The maximum Gasteiger partial charge on any atom is 0.220 e. The minimum Gasteiger partial charge on any atom is -0.397 e. The Hall–Kier alpha value is -2.93. The smallest absolute Gasteiger partial charge is 0.220 e. The molecule has 0 radical (unpaired) electrons. The zero-order valence-corrected chi connectivity index (χ0v) is 17.1. The summed E-state index contributed by atoms with van der Waals surface area (Å²) in [4.78, 5) is 15.6. The van der Waals surface area contributed by atoms with Gasteiger partial charge >= 0.3 is 0 Å². The highest BCUT2D eigenvalue weighted by molar-refractivity contribution is 5.77. The molecule has 0 saturated carbocycles. The van der Waals surface area contributed by atoms with Gasteiger partial charge in [0.15, 0.2) is 0 Å². The van der Waals surface area contributed by atoms with Crippen LogP contribution in [0, 0.1) is 5.92 Å². The normalized spacial score (nSPS) is 17.2. The number of nitrogens with zero attached hydrogens (tertiary/aromatic N) is 2. The van der Waals surface area contributed by atoms with E-state index in [1.807, 2.05) is 43.4 Å². The molecule has 1 amide bonds. The minimum atomic E-state index is -0.161. The first-order valence-electron chi connectivity index (χ1n) is 10.2. The quantitative estimate of drug-likeness (QED) is 0.587. The van der Waals surface area contributed by atoms with Crippen molar-refractivity contribution in [3.63, 3.8) is 0 Å². The van der Waals surface area contributed by atoms with Crippen LogP contribution in [0.1, 0.15) is 12.8 Å². The predicted molar refractivity (Wildman–Crippen MR) is 121 cm³/mol. The average Bonchev–Trinajstić information content (AvgIpc) is 2.72. The summed E-state index contributed by atoms with van der Waals surface area (Å²) in [7, 11) is 1.93. The maximum atomic E-state index is 11.1. The van der Waals surface area contributed by atoms with Crippen molar-refractivity contribution in [2.75, 3.05) is 54.1 Å². The van der Waals surface area contributed by atoms with Gasteiger partial charge < -0.3 is 32.3 Å². The lowest BCUT2D eigenvalue weighted by Crippen LogP contribution is -2.56. The molecule has 0 spiro atoms. The largest absolute Gasteiger partial charge is 0.397 e. The second-order valence-corrected chi connectivity index (χ2v) is 7.65. The zero-order valence-electron chi connectivity index (χ0n) is 17.1. The Balaban J connectivity index is 0.000000176. The number of carbonyl (C=O) groups excluding carboxylic acids is 1. The first-order valence-corrected chi connectivity index (χ1v) is 10.2. The zero-order chi connectivity index (χ0) is 20.8. The fourth-order valence-corrected chi connectivity index (χ4v) is 3.85. The lowest BCUT2D eigenvalue weighted by Gasteiger charge is -2.39. The van der Waals surface area contributed by atoms with Gasteiger partial charge in [-0.3, -0.25) is 4.79 Å². The summed E-state index contributed by atoms with van der Waals surface area (Å²) < 4.78 is 0. The summed E-state index contributed by atoms with van der Waals surface area (Å²) in [6.07, 6.45) is 1.71. The van der Waals surface area contributed by atoms with E-state index in [4.69, 9.17) is 17.2 Å². The van der Waals surface area contributed by atoms with E-state index in [0.717, 1.165) is 56.1 Å². The summed E-state index contributed by atoms with van der Waals surface area (Å²) in [5.74, 6) is -0.112. The summed E-state index contributed by atoms with van der Waals surface area (Å²) in [5, 5.41) is 3.19. The van der Waals surface area contributed by atoms with Crippen LogP contribution in [0.3, 0.4) is 0 Å². The van der Waals surface area contributed by atoms with E-state index >= 15 is 0 Å². The van der Waals surface area contributed by atoms with Crippen LogP contribution in [0.15, 0.2) is 48.5 Å². The second-order valence-electron chi connectivity index (χ2n) is 7.65. The molecule has 2 aliphatic rings. The van der Waals surface area contributed by atoms with E-state index in [0.29, 0.717) is 6.04 Å². The molecule has 7 heteroatoms. The SMILES string of the molecule is CNc1ccccc1N1CCC(C(N)=O)CC1.Nc1ccccc1N1CC(N)C1. The van der Waals surface area contributed by atoms with Gasteiger partial charge in [-0.25, -0.2) is 0 Å². The number of piperidine rings is 1. The van der Waals surface area contributed by atoms with E-state index in [1.54, 1.807) is 0 Å². The Kier molecular flexibility index (Phi) is 6.82. The lowest BCUT2D eigenvalue weighted by molar-refractivity contribution is -0.122. The van der Waals surface area contributed by atoms with Gasteiger partial charge in [0.05, 0.1) is 22.7 Å². The number of carbonyl (C=O) groups is 1. The summed E-state index contributed by atoms with van der Waals surface area (Å²) in [5.41, 5.74) is 21.1. The average molecular weight is 397 g/mol. The third-order valence-corrected chi connectivity index (χ3v) is 5.60. The van der Waals surface area contributed by atoms with Gasteiger partial charge in [0.1, 0.15) is 0 Å². The monoisotopic (exact) mass is 396 g/mol. The molecule has 2 aromatic rings. The number of nitrogens with two attached hydrogens (primary N) is 3. The van der Waals surface area contributed by atoms with Crippen molar-refractivity contribution in [2.45, 2.75) is 18.9 Å². The molecule has 7 nitrogen and oxygen atoms in total. The molecule has 4 rings (SSSR count). The van der Waals surface area contributed by atoms with E-state index in [9.17, 15) is 4.79 Å². The van der Waals surface area contributed by atoms with Gasteiger partial charge in [0.25, 0.3) is 0 Å². The van der Waals surface area contributed by atoms with Crippen LogP contribution in [0.4, 0.5) is 22.7 Å². The van der Waals surface area contributed by atoms with E-state index in [1.165, 1.54) is 5.69 Å². The number of anilines is 4. The topological polar surface area (TPSA) is 114 Å². The summed E-state index contributed by atoms with van der Waals surface area (Å²) >= 11 is 0. The van der Waals surface area contributed by atoms with Crippen LogP contribution in [0.5, 0.6) is 0 Å². The van der Waals surface area contributed by atoms with E-state index in [2.05, 4.69) is 27.2 Å². The van der Waals surface area contributed by atoms with Crippen LogP contribution in [-0.2, 0) is 4.79 Å². The van der Waals surface area contributed by atoms with Gasteiger partial charge in [-0.2, -0.15) is 0 Å². The van der Waals surface area contributed by atoms with Gasteiger partial charge in [-0.1, -0.05) is 24.3 Å². The summed E-state index contributed by atoms with van der Waals surface area (Å²) in [6.45, 7) is 3.64. The van der Waals surface area contributed by atoms with Crippen LogP contribution in [0.25, 0.3) is 0 Å². The Bertz CT molecular complexity index is 812. The number of primary amides is 1. The molecule has 0 bridgehead atoms. The van der Waals surface area contributed by atoms with Crippen LogP contribution >= 0.6 is 0 Å². The molecule has 2 aliphatic heterocycles. The van der Waals surface area contributed by atoms with Gasteiger partial charge in [0.2, 0.25) is 5.91 Å².